The number of aryl methyl sites for hydroxylation is 2. The first-order chi connectivity index (χ1) is 13.5. The molecule has 0 aliphatic heterocycles. The van der Waals surface area contributed by atoms with Crippen molar-refractivity contribution in [1.29, 1.82) is 0 Å². The van der Waals surface area contributed by atoms with Gasteiger partial charge in [-0.2, -0.15) is 0 Å². The summed E-state index contributed by atoms with van der Waals surface area (Å²) in [6.07, 6.45) is 0.944. The quantitative estimate of drug-likeness (QED) is 0.446. The molecule has 0 fully saturated rings. The lowest BCUT2D eigenvalue weighted by Gasteiger charge is -2.05. The third kappa shape index (κ3) is 3.64. The summed E-state index contributed by atoms with van der Waals surface area (Å²) in [6, 6.07) is 18.7. The van der Waals surface area contributed by atoms with Gasteiger partial charge in [-0.1, -0.05) is 36.7 Å². The first-order valence-corrected chi connectivity index (χ1v) is 9.48. The van der Waals surface area contributed by atoms with Crippen LogP contribution in [0.5, 0.6) is 0 Å². The number of nitrogens with one attached hydrogen (secondary N) is 1. The molecule has 1 heterocycles. The van der Waals surface area contributed by atoms with Crippen molar-refractivity contribution in [3.8, 4) is 11.5 Å². The number of aromatic nitrogens is 1. The second kappa shape index (κ2) is 7.49. The fourth-order valence-corrected chi connectivity index (χ4v) is 3.13. The number of anilines is 1. The molecule has 0 atom stereocenters. The van der Waals surface area contributed by atoms with Gasteiger partial charge < -0.3 is 9.73 Å². The number of hydrogen-bond acceptors (Lipinski definition) is 3. The molecule has 140 valence electrons. The van der Waals surface area contributed by atoms with Crippen LogP contribution in [0.25, 0.3) is 22.6 Å². The van der Waals surface area contributed by atoms with Gasteiger partial charge in [0.2, 0.25) is 5.89 Å². The van der Waals surface area contributed by atoms with Gasteiger partial charge in [0.05, 0.1) is 0 Å². The molecule has 1 amide bonds. The number of amides is 1. The largest absolute Gasteiger partial charge is 0.436 e. The third-order valence-corrected chi connectivity index (χ3v) is 5.10. The Labute approximate surface area is 168 Å². The molecular formula is C23H19ClN2O2. The molecule has 0 spiro atoms. The molecule has 0 radical (unpaired) electrons. The van der Waals surface area contributed by atoms with E-state index in [1.165, 1.54) is 5.56 Å². The molecule has 4 aromatic rings. The molecule has 3 aromatic carbocycles. The fraction of sp³-hybridized carbons (Fsp3) is 0.130. The molecule has 1 aromatic heterocycles. The van der Waals surface area contributed by atoms with E-state index in [1.807, 2.05) is 49.4 Å². The Morgan fingerprint density at radius 2 is 1.86 bits per heavy atom. The summed E-state index contributed by atoms with van der Waals surface area (Å²) in [4.78, 5) is 17.0. The van der Waals surface area contributed by atoms with Gasteiger partial charge in [-0.05, 0) is 66.9 Å². The number of rotatable bonds is 4. The number of nitrogens with zero attached hydrogens (tertiary/aromatic N) is 1. The van der Waals surface area contributed by atoms with Crippen LogP contribution >= 0.6 is 11.6 Å². The van der Waals surface area contributed by atoms with E-state index < -0.39 is 0 Å². The molecule has 0 saturated carbocycles. The minimum atomic E-state index is -0.156. The highest BCUT2D eigenvalue weighted by molar-refractivity contribution is 6.31. The molecule has 0 aliphatic carbocycles. The zero-order chi connectivity index (χ0) is 19.7. The van der Waals surface area contributed by atoms with Crippen molar-refractivity contribution in [1.82, 2.24) is 4.98 Å². The van der Waals surface area contributed by atoms with Gasteiger partial charge in [0.25, 0.3) is 5.91 Å². The third-order valence-electron chi connectivity index (χ3n) is 4.69. The number of carbonyl (C=O) groups is 1. The van der Waals surface area contributed by atoms with Crippen molar-refractivity contribution < 1.29 is 9.21 Å². The van der Waals surface area contributed by atoms with Crippen molar-refractivity contribution in [2.75, 3.05) is 5.32 Å². The van der Waals surface area contributed by atoms with Crippen LogP contribution in [-0.2, 0) is 6.42 Å². The van der Waals surface area contributed by atoms with Crippen LogP contribution in [0.3, 0.4) is 0 Å². The summed E-state index contributed by atoms with van der Waals surface area (Å²) < 4.78 is 5.84. The van der Waals surface area contributed by atoms with E-state index in [0.29, 0.717) is 33.3 Å². The van der Waals surface area contributed by atoms with Crippen LogP contribution in [0.1, 0.15) is 28.4 Å². The van der Waals surface area contributed by atoms with E-state index in [4.69, 9.17) is 16.0 Å². The first-order valence-electron chi connectivity index (χ1n) is 9.11. The van der Waals surface area contributed by atoms with Gasteiger partial charge in [0.1, 0.15) is 5.52 Å². The van der Waals surface area contributed by atoms with Crippen molar-refractivity contribution >= 4 is 34.3 Å². The van der Waals surface area contributed by atoms with E-state index in [0.717, 1.165) is 17.5 Å². The summed E-state index contributed by atoms with van der Waals surface area (Å²) in [6.45, 7) is 4.03. The van der Waals surface area contributed by atoms with Crippen LogP contribution in [0.4, 0.5) is 5.69 Å². The summed E-state index contributed by atoms with van der Waals surface area (Å²) >= 11 is 6.21. The molecular weight excluding hydrogens is 372 g/mol. The molecule has 1 N–H and O–H groups in total. The normalized spacial score (nSPS) is 11.0. The van der Waals surface area contributed by atoms with Crippen LogP contribution < -0.4 is 5.32 Å². The highest BCUT2D eigenvalue weighted by atomic mass is 35.5. The van der Waals surface area contributed by atoms with Gasteiger partial charge in [-0.3, -0.25) is 4.79 Å². The number of halogens is 1. The highest BCUT2D eigenvalue weighted by Crippen LogP contribution is 2.29. The van der Waals surface area contributed by atoms with E-state index in [9.17, 15) is 4.79 Å². The summed E-state index contributed by atoms with van der Waals surface area (Å²) in [7, 11) is 0. The molecule has 0 unspecified atom stereocenters. The van der Waals surface area contributed by atoms with Gasteiger partial charge in [-0.15, -0.1) is 0 Å². The van der Waals surface area contributed by atoms with Gasteiger partial charge in [0.15, 0.2) is 5.58 Å². The average molecular weight is 391 g/mol. The average Bonchev–Trinajstić information content (AvgIpc) is 3.13. The lowest BCUT2D eigenvalue weighted by Crippen LogP contribution is -2.11. The maximum Gasteiger partial charge on any atom is 0.255 e. The Kier molecular flexibility index (Phi) is 4.88. The van der Waals surface area contributed by atoms with E-state index in [-0.39, 0.29) is 5.91 Å². The Bertz CT molecular complexity index is 1160. The molecule has 28 heavy (non-hydrogen) atoms. The van der Waals surface area contributed by atoms with E-state index in [1.54, 1.807) is 18.2 Å². The monoisotopic (exact) mass is 390 g/mol. The smallest absolute Gasteiger partial charge is 0.255 e. The van der Waals surface area contributed by atoms with Crippen LogP contribution in [0, 0.1) is 6.92 Å². The van der Waals surface area contributed by atoms with Crippen molar-refractivity contribution in [3.63, 3.8) is 0 Å². The molecule has 0 aliphatic rings. The molecule has 0 bridgehead atoms. The van der Waals surface area contributed by atoms with E-state index >= 15 is 0 Å². The number of hydrogen-bond donors (Lipinski definition) is 1. The maximum absolute atomic E-state index is 12.5. The fourth-order valence-electron chi connectivity index (χ4n) is 2.95. The first kappa shape index (κ1) is 18.3. The van der Waals surface area contributed by atoms with E-state index in [2.05, 4.69) is 17.2 Å². The number of oxazole rings is 1. The highest BCUT2D eigenvalue weighted by Gasteiger charge is 2.12. The maximum atomic E-state index is 12.5. The standard InChI is InChI=1S/C23H19ClN2O2/c1-3-15-5-8-16(9-6-15)22(27)25-18-10-11-21-20(13-18)26-23(28-21)17-7-4-14(2)19(24)12-17/h4-13H,3H2,1-2H3,(H,25,27). The molecule has 5 heteroatoms. The topological polar surface area (TPSA) is 55.1 Å². The summed E-state index contributed by atoms with van der Waals surface area (Å²) in [5.41, 5.74) is 5.62. The SMILES string of the molecule is CCc1ccc(C(=O)Nc2ccc3oc(-c4ccc(C)c(Cl)c4)nc3c2)cc1. The van der Waals surface area contributed by atoms with Crippen LogP contribution in [0.2, 0.25) is 5.02 Å². The summed E-state index contributed by atoms with van der Waals surface area (Å²) in [5.74, 6) is 0.339. The summed E-state index contributed by atoms with van der Waals surface area (Å²) in [5, 5.41) is 3.58. The molecule has 0 saturated heterocycles. The van der Waals surface area contributed by atoms with Crippen molar-refractivity contribution in [2.24, 2.45) is 0 Å². The van der Waals surface area contributed by atoms with Gasteiger partial charge in [-0.25, -0.2) is 4.98 Å². The van der Waals surface area contributed by atoms with Gasteiger partial charge >= 0.3 is 0 Å². The Balaban J connectivity index is 1.58. The molecule has 4 rings (SSSR count). The number of fused-ring (bicyclic) bond motifs is 1. The minimum absolute atomic E-state index is 0.156. The van der Waals surface area contributed by atoms with Crippen molar-refractivity contribution in [3.05, 3.63) is 82.4 Å². The lowest BCUT2D eigenvalue weighted by molar-refractivity contribution is 0.102. The molecule has 4 nitrogen and oxygen atoms in total. The zero-order valence-corrected chi connectivity index (χ0v) is 16.4. The second-order valence-electron chi connectivity index (χ2n) is 6.67. The predicted octanol–water partition coefficient (Wildman–Crippen LogP) is 6.27. The van der Waals surface area contributed by atoms with Crippen LogP contribution in [0.15, 0.2) is 65.1 Å². The second-order valence-corrected chi connectivity index (χ2v) is 7.08. The Hall–Kier alpha value is -3.11. The number of benzene rings is 3. The predicted molar refractivity (Wildman–Crippen MR) is 113 cm³/mol. The Morgan fingerprint density at radius 1 is 1.07 bits per heavy atom. The Morgan fingerprint density at radius 3 is 2.57 bits per heavy atom. The number of carbonyl (C=O) groups excluding carboxylic acids is 1. The lowest BCUT2D eigenvalue weighted by atomic mass is 10.1. The van der Waals surface area contributed by atoms with Crippen molar-refractivity contribution in [2.45, 2.75) is 20.3 Å². The zero-order valence-electron chi connectivity index (χ0n) is 15.6. The minimum Gasteiger partial charge on any atom is -0.436 e. The van der Waals surface area contributed by atoms with Crippen LogP contribution in [-0.4, -0.2) is 10.9 Å². The van der Waals surface area contributed by atoms with Gasteiger partial charge in [0, 0.05) is 21.8 Å².